The fourth-order valence-corrected chi connectivity index (χ4v) is 9.23. The normalized spacial score (nSPS) is 12.0. The van der Waals surface area contributed by atoms with E-state index >= 15 is 0 Å². The molecule has 0 unspecified atom stereocenters. The molecular weight excluding hydrogens is 492 g/mol. The van der Waals surface area contributed by atoms with E-state index in [1.807, 2.05) is 0 Å². The summed E-state index contributed by atoms with van der Waals surface area (Å²) in [5.41, 5.74) is 2.54. The van der Waals surface area contributed by atoms with Gasteiger partial charge in [0.1, 0.15) is 5.75 Å². The summed E-state index contributed by atoms with van der Waals surface area (Å²) in [6.45, 7) is 6.91. The highest BCUT2D eigenvalue weighted by Crippen LogP contribution is 2.38. The first-order valence-electron chi connectivity index (χ1n) is 9.46. The smallest absolute Gasteiger partial charge is 0.319 e. The minimum atomic E-state index is -2.58. The summed E-state index contributed by atoms with van der Waals surface area (Å²) < 4.78 is 7.08. The van der Waals surface area contributed by atoms with Gasteiger partial charge in [-0.05, 0) is 38.7 Å². The fourth-order valence-electron chi connectivity index (χ4n) is 3.75. The van der Waals surface area contributed by atoms with Gasteiger partial charge in [-0.25, -0.2) is 0 Å². The predicted octanol–water partition coefficient (Wildman–Crippen LogP) is 6.42. The summed E-state index contributed by atoms with van der Waals surface area (Å²) in [5.74, 6) is 0.938. The highest BCUT2D eigenvalue weighted by Gasteiger charge is 2.52. The summed E-state index contributed by atoms with van der Waals surface area (Å²) in [4.78, 5) is 0. The molecule has 4 heteroatoms. The van der Waals surface area contributed by atoms with Crippen LogP contribution in [0.3, 0.4) is 0 Å². The molecule has 0 aromatic heterocycles. The number of rotatable bonds is 6. The molecule has 0 saturated heterocycles. The molecular formula is C24H26Br2OSi. The lowest BCUT2D eigenvalue weighted by Gasteiger charge is -2.43. The van der Waals surface area contributed by atoms with E-state index in [2.05, 4.69) is 131 Å². The fraction of sp³-hybridized carbons (Fsp3) is 0.250. The maximum Gasteiger partial charge on any atom is 0.319 e. The first-order chi connectivity index (χ1) is 13.4. The second-order valence-electron chi connectivity index (χ2n) is 7.96. The molecule has 0 atom stereocenters. The van der Waals surface area contributed by atoms with Gasteiger partial charge >= 0.3 is 8.32 Å². The zero-order valence-corrected chi connectivity index (χ0v) is 20.8. The average Bonchev–Trinajstić information content (AvgIpc) is 2.72. The van der Waals surface area contributed by atoms with Crippen LogP contribution in [0.4, 0.5) is 0 Å². The van der Waals surface area contributed by atoms with Gasteiger partial charge < -0.3 is 4.43 Å². The maximum atomic E-state index is 7.08. The van der Waals surface area contributed by atoms with Gasteiger partial charge in [0.25, 0.3) is 0 Å². The largest absolute Gasteiger partial charge is 0.534 e. The number of halogens is 2. The monoisotopic (exact) mass is 516 g/mol. The number of alkyl halides is 2. The minimum absolute atomic E-state index is 0.0433. The van der Waals surface area contributed by atoms with Crippen molar-refractivity contribution in [3.8, 4) is 5.75 Å². The molecule has 3 rings (SSSR count). The van der Waals surface area contributed by atoms with Gasteiger partial charge in [-0.2, -0.15) is 0 Å². The van der Waals surface area contributed by atoms with Crippen LogP contribution in [0.1, 0.15) is 31.9 Å². The van der Waals surface area contributed by atoms with E-state index in [9.17, 15) is 0 Å². The van der Waals surface area contributed by atoms with E-state index in [0.717, 1.165) is 16.4 Å². The van der Waals surface area contributed by atoms with Crippen molar-refractivity contribution in [1.82, 2.24) is 0 Å². The van der Waals surface area contributed by atoms with Crippen molar-refractivity contribution >= 4 is 50.6 Å². The third-order valence-corrected chi connectivity index (χ3v) is 11.3. The van der Waals surface area contributed by atoms with E-state index in [-0.39, 0.29) is 5.04 Å². The van der Waals surface area contributed by atoms with Crippen LogP contribution in [0.2, 0.25) is 5.04 Å². The van der Waals surface area contributed by atoms with Crippen molar-refractivity contribution in [2.45, 2.75) is 36.5 Å². The molecule has 28 heavy (non-hydrogen) atoms. The molecule has 0 radical (unpaired) electrons. The quantitative estimate of drug-likeness (QED) is 0.271. The maximum absolute atomic E-state index is 7.08. The van der Waals surface area contributed by atoms with Gasteiger partial charge in [-0.1, -0.05) is 119 Å². The second-order valence-corrected chi connectivity index (χ2v) is 13.3. The van der Waals surface area contributed by atoms with Crippen molar-refractivity contribution < 1.29 is 4.43 Å². The summed E-state index contributed by atoms with van der Waals surface area (Å²) in [7, 11) is -2.58. The summed E-state index contributed by atoms with van der Waals surface area (Å²) in [6, 6.07) is 28.0. The molecule has 1 nitrogen and oxygen atoms in total. The Morgan fingerprint density at radius 3 is 1.64 bits per heavy atom. The summed E-state index contributed by atoms with van der Waals surface area (Å²) in [5, 5.41) is 4.19. The van der Waals surface area contributed by atoms with Crippen molar-refractivity contribution in [1.29, 1.82) is 0 Å². The summed E-state index contributed by atoms with van der Waals surface area (Å²) in [6.07, 6.45) is 0. The molecule has 0 aliphatic carbocycles. The lowest BCUT2D eigenvalue weighted by atomic mass is 10.1. The highest BCUT2D eigenvalue weighted by molar-refractivity contribution is 9.09. The van der Waals surface area contributed by atoms with Gasteiger partial charge in [0, 0.05) is 10.7 Å². The Labute approximate surface area is 186 Å². The molecule has 146 valence electrons. The zero-order chi connectivity index (χ0) is 20.2. The Morgan fingerprint density at radius 2 is 1.21 bits per heavy atom. The van der Waals surface area contributed by atoms with E-state index in [4.69, 9.17) is 4.43 Å². The molecule has 0 N–H and O–H groups in total. The van der Waals surface area contributed by atoms with Crippen LogP contribution >= 0.6 is 31.9 Å². The van der Waals surface area contributed by atoms with Crippen LogP contribution in [0.15, 0.2) is 78.9 Å². The second kappa shape index (κ2) is 8.98. The predicted molar refractivity (Wildman–Crippen MR) is 130 cm³/mol. The standard InChI is InChI=1S/C24H26Br2OSi/c1-24(2,3)28(22-10-6-4-7-11-22,23-12-8-5-9-13-23)27-21-15-14-19(17-25)20(16-21)18-26/h4-16H,17-18H2,1-3H3. The molecule has 0 aliphatic heterocycles. The van der Waals surface area contributed by atoms with Crippen LogP contribution in [0, 0.1) is 0 Å². The average molecular weight is 518 g/mol. The van der Waals surface area contributed by atoms with Crippen molar-refractivity contribution in [2.75, 3.05) is 0 Å². The minimum Gasteiger partial charge on any atom is -0.534 e. The Bertz CT molecular complexity index is 865. The first kappa shape index (κ1) is 21.3. The number of hydrogen-bond donors (Lipinski definition) is 0. The van der Waals surface area contributed by atoms with Crippen molar-refractivity contribution in [2.24, 2.45) is 0 Å². The third kappa shape index (κ3) is 4.14. The molecule has 3 aromatic carbocycles. The Morgan fingerprint density at radius 1 is 0.714 bits per heavy atom. The van der Waals surface area contributed by atoms with E-state index in [1.165, 1.54) is 21.5 Å². The van der Waals surface area contributed by atoms with Crippen LogP contribution in [-0.4, -0.2) is 8.32 Å². The van der Waals surface area contributed by atoms with Crippen molar-refractivity contribution in [3.63, 3.8) is 0 Å². The van der Waals surface area contributed by atoms with Crippen LogP contribution in [0.5, 0.6) is 5.75 Å². The number of benzene rings is 3. The Hall–Kier alpha value is -1.36. The molecule has 0 fully saturated rings. The molecule has 0 saturated carbocycles. The van der Waals surface area contributed by atoms with Crippen LogP contribution < -0.4 is 14.8 Å². The van der Waals surface area contributed by atoms with Gasteiger partial charge in [0.05, 0.1) is 0 Å². The molecule has 0 bridgehead atoms. The van der Waals surface area contributed by atoms with Gasteiger partial charge in [0.2, 0.25) is 0 Å². The molecule has 0 spiro atoms. The number of hydrogen-bond acceptors (Lipinski definition) is 1. The molecule has 0 heterocycles. The highest BCUT2D eigenvalue weighted by atomic mass is 79.9. The van der Waals surface area contributed by atoms with Crippen LogP contribution in [0.25, 0.3) is 0 Å². The lowest BCUT2D eigenvalue weighted by Crippen LogP contribution is -2.68. The van der Waals surface area contributed by atoms with E-state index in [0.29, 0.717) is 0 Å². The van der Waals surface area contributed by atoms with Crippen molar-refractivity contribution in [3.05, 3.63) is 90.0 Å². The Balaban J connectivity index is 2.22. The third-order valence-electron chi connectivity index (χ3n) is 5.15. The lowest BCUT2D eigenvalue weighted by molar-refractivity contribution is 0.507. The SMILES string of the molecule is CC(C)(C)[Si](Oc1ccc(CBr)c(CBr)c1)(c1ccccc1)c1ccccc1. The Kier molecular flexibility index (Phi) is 6.84. The topological polar surface area (TPSA) is 9.23 Å². The zero-order valence-electron chi connectivity index (χ0n) is 16.6. The van der Waals surface area contributed by atoms with E-state index < -0.39 is 8.32 Å². The molecule has 3 aromatic rings. The molecule has 0 amide bonds. The van der Waals surface area contributed by atoms with Gasteiger partial charge in [0.15, 0.2) is 0 Å². The van der Waals surface area contributed by atoms with Gasteiger partial charge in [-0.15, -0.1) is 0 Å². The first-order valence-corrected chi connectivity index (χ1v) is 13.6. The van der Waals surface area contributed by atoms with Crippen LogP contribution in [-0.2, 0) is 10.7 Å². The van der Waals surface area contributed by atoms with Gasteiger partial charge in [-0.3, -0.25) is 0 Å². The molecule has 0 aliphatic rings. The summed E-state index contributed by atoms with van der Waals surface area (Å²) >= 11 is 7.21. The van der Waals surface area contributed by atoms with E-state index in [1.54, 1.807) is 0 Å².